The van der Waals surface area contributed by atoms with Crippen molar-refractivity contribution >= 4 is 27.3 Å². The van der Waals surface area contributed by atoms with Gasteiger partial charge in [0.05, 0.1) is 23.4 Å². The van der Waals surface area contributed by atoms with Crippen molar-refractivity contribution in [1.29, 1.82) is 0 Å². The van der Waals surface area contributed by atoms with Gasteiger partial charge in [0.1, 0.15) is 12.3 Å². The Balaban J connectivity index is 1.99. The summed E-state index contributed by atoms with van der Waals surface area (Å²) in [6, 6.07) is 19.0. The zero-order valence-corrected chi connectivity index (χ0v) is 18.9. The predicted octanol–water partition coefficient (Wildman–Crippen LogP) is 4.45. The summed E-state index contributed by atoms with van der Waals surface area (Å²) in [6.45, 7) is 5.29. The molecular formula is C24H26N2O4S. The van der Waals surface area contributed by atoms with Crippen LogP contribution in [0.25, 0.3) is 0 Å². The normalized spacial score (nSPS) is 11.1. The van der Waals surface area contributed by atoms with E-state index in [4.69, 9.17) is 4.74 Å². The van der Waals surface area contributed by atoms with E-state index in [1.54, 1.807) is 36.4 Å². The first kappa shape index (κ1) is 22.4. The molecule has 0 aliphatic heterocycles. The molecule has 0 spiro atoms. The number of anilines is 2. The maximum Gasteiger partial charge on any atom is 0.264 e. The second-order valence-corrected chi connectivity index (χ2v) is 9.23. The van der Waals surface area contributed by atoms with Crippen LogP contribution in [0.5, 0.6) is 5.75 Å². The zero-order chi connectivity index (χ0) is 22.6. The SMILES string of the molecule is COc1ccc(C)cc1NC(=O)CN(c1ccc(C)cc1C)S(=O)(=O)c1ccccc1. The minimum Gasteiger partial charge on any atom is -0.495 e. The van der Waals surface area contributed by atoms with Crippen LogP contribution < -0.4 is 14.4 Å². The number of benzene rings is 3. The van der Waals surface area contributed by atoms with Gasteiger partial charge in [-0.05, 0) is 62.2 Å². The molecule has 0 saturated carbocycles. The minimum atomic E-state index is -3.96. The number of hydrogen-bond acceptors (Lipinski definition) is 4. The molecule has 0 atom stereocenters. The van der Waals surface area contributed by atoms with E-state index in [0.717, 1.165) is 21.0 Å². The first-order chi connectivity index (χ1) is 14.7. The predicted molar refractivity (Wildman–Crippen MR) is 123 cm³/mol. The van der Waals surface area contributed by atoms with Crippen LogP contribution in [0.2, 0.25) is 0 Å². The van der Waals surface area contributed by atoms with Crippen LogP contribution in [0.15, 0.2) is 71.6 Å². The second kappa shape index (κ2) is 9.22. The topological polar surface area (TPSA) is 75.7 Å². The van der Waals surface area contributed by atoms with Crippen molar-refractivity contribution < 1.29 is 17.9 Å². The molecular weight excluding hydrogens is 412 g/mol. The third-order valence-corrected chi connectivity index (χ3v) is 6.64. The summed E-state index contributed by atoms with van der Waals surface area (Å²) < 4.78 is 33.4. The Hall–Kier alpha value is -3.32. The van der Waals surface area contributed by atoms with Gasteiger partial charge in [-0.1, -0.05) is 42.0 Å². The molecule has 0 bridgehead atoms. The van der Waals surface area contributed by atoms with Gasteiger partial charge in [-0.25, -0.2) is 8.42 Å². The van der Waals surface area contributed by atoms with Gasteiger partial charge in [0.2, 0.25) is 5.91 Å². The van der Waals surface area contributed by atoms with Crippen molar-refractivity contribution in [3.8, 4) is 5.75 Å². The molecule has 162 valence electrons. The quantitative estimate of drug-likeness (QED) is 0.591. The van der Waals surface area contributed by atoms with E-state index in [0.29, 0.717) is 17.1 Å². The van der Waals surface area contributed by atoms with Crippen LogP contribution in [0.1, 0.15) is 16.7 Å². The monoisotopic (exact) mass is 438 g/mol. The molecule has 0 saturated heterocycles. The van der Waals surface area contributed by atoms with Crippen LogP contribution in [0, 0.1) is 20.8 Å². The standard InChI is InChI=1S/C24H26N2O4S/c1-17-10-12-22(19(3)14-17)26(31(28,29)20-8-6-5-7-9-20)16-24(27)25-21-15-18(2)11-13-23(21)30-4/h5-15H,16H2,1-4H3,(H,25,27). The lowest BCUT2D eigenvalue weighted by atomic mass is 10.1. The Kier molecular flexibility index (Phi) is 6.65. The number of sulfonamides is 1. The molecule has 0 radical (unpaired) electrons. The number of carbonyl (C=O) groups excluding carboxylic acids is 1. The summed E-state index contributed by atoms with van der Waals surface area (Å²) in [5.74, 6) is 0.0336. The van der Waals surface area contributed by atoms with E-state index >= 15 is 0 Å². The summed E-state index contributed by atoms with van der Waals surface area (Å²) in [5.41, 5.74) is 3.66. The maximum atomic E-state index is 13.5. The summed E-state index contributed by atoms with van der Waals surface area (Å²) in [4.78, 5) is 13.1. The van der Waals surface area contributed by atoms with Crippen LogP contribution in [0.4, 0.5) is 11.4 Å². The van der Waals surface area contributed by atoms with Gasteiger partial charge >= 0.3 is 0 Å². The molecule has 1 amide bonds. The van der Waals surface area contributed by atoms with Crippen LogP contribution in [-0.4, -0.2) is 28.0 Å². The van der Waals surface area contributed by atoms with E-state index in [1.165, 1.54) is 19.2 Å². The molecule has 31 heavy (non-hydrogen) atoms. The largest absolute Gasteiger partial charge is 0.495 e. The average Bonchev–Trinajstić information content (AvgIpc) is 2.73. The molecule has 6 nitrogen and oxygen atoms in total. The third kappa shape index (κ3) is 5.06. The van der Waals surface area contributed by atoms with Crippen molar-refractivity contribution in [2.45, 2.75) is 25.7 Å². The van der Waals surface area contributed by atoms with Gasteiger partial charge in [0, 0.05) is 0 Å². The summed E-state index contributed by atoms with van der Waals surface area (Å²) in [5, 5.41) is 2.79. The lowest BCUT2D eigenvalue weighted by molar-refractivity contribution is -0.114. The number of ether oxygens (including phenoxy) is 1. The van der Waals surface area contributed by atoms with E-state index in [1.807, 2.05) is 39.0 Å². The molecule has 0 aromatic heterocycles. The van der Waals surface area contributed by atoms with Crippen LogP contribution in [-0.2, 0) is 14.8 Å². The molecule has 0 aliphatic carbocycles. The average molecular weight is 439 g/mol. The number of hydrogen-bond donors (Lipinski definition) is 1. The van der Waals surface area contributed by atoms with Gasteiger partial charge < -0.3 is 10.1 Å². The molecule has 0 unspecified atom stereocenters. The lowest BCUT2D eigenvalue weighted by Gasteiger charge is -2.26. The Bertz CT molecular complexity index is 1190. The molecule has 7 heteroatoms. The number of nitrogens with one attached hydrogen (secondary N) is 1. The first-order valence-electron chi connectivity index (χ1n) is 9.82. The summed E-state index contributed by atoms with van der Waals surface area (Å²) in [6.07, 6.45) is 0. The molecule has 3 aromatic rings. The highest BCUT2D eigenvalue weighted by Crippen LogP contribution is 2.29. The fourth-order valence-electron chi connectivity index (χ4n) is 3.34. The lowest BCUT2D eigenvalue weighted by Crippen LogP contribution is -2.38. The Morgan fingerprint density at radius 3 is 2.23 bits per heavy atom. The number of methoxy groups -OCH3 is 1. The van der Waals surface area contributed by atoms with Gasteiger partial charge in [0.25, 0.3) is 10.0 Å². The minimum absolute atomic E-state index is 0.121. The zero-order valence-electron chi connectivity index (χ0n) is 18.0. The maximum absolute atomic E-state index is 13.5. The number of amides is 1. The summed E-state index contributed by atoms with van der Waals surface area (Å²) >= 11 is 0. The van der Waals surface area contributed by atoms with Gasteiger partial charge in [-0.2, -0.15) is 0 Å². The highest BCUT2D eigenvalue weighted by Gasteiger charge is 2.28. The number of carbonyl (C=O) groups is 1. The van der Waals surface area contributed by atoms with E-state index in [9.17, 15) is 13.2 Å². The second-order valence-electron chi connectivity index (χ2n) is 7.37. The van der Waals surface area contributed by atoms with Crippen molar-refractivity contribution in [1.82, 2.24) is 0 Å². The fourth-order valence-corrected chi connectivity index (χ4v) is 4.85. The smallest absolute Gasteiger partial charge is 0.264 e. The van der Waals surface area contributed by atoms with Gasteiger partial charge in [-0.3, -0.25) is 9.10 Å². The number of nitrogens with zero attached hydrogens (tertiary/aromatic N) is 1. The van der Waals surface area contributed by atoms with Crippen molar-refractivity contribution in [2.75, 3.05) is 23.3 Å². The molecule has 3 aromatic carbocycles. The van der Waals surface area contributed by atoms with Crippen LogP contribution in [0.3, 0.4) is 0 Å². The molecule has 0 fully saturated rings. The molecule has 3 rings (SSSR count). The van der Waals surface area contributed by atoms with Crippen molar-refractivity contribution in [3.63, 3.8) is 0 Å². The van der Waals surface area contributed by atoms with Crippen molar-refractivity contribution in [3.05, 3.63) is 83.4 Å². The van der Waals surface area contributed by atoms with Gasteiger partial charge in [0.15, 0.2) is 0 Å². The molecule has 0 aliphatic rings. The number of rotatable bonds is 7. The van der Waals surface area contributed by atoms with Crippen molar-refractivity contribution in [2.24, 2.45) is 0 Å². The highest BCUT2D eigenvalue weighted by atomic mass is 32.2. The molecule has 0 heterocycles. The highest BCUT2D eigenvalue weighted by molar-refractivity contribution is 7.92. The summed E-state index contributed by atoms with van der Waals surface area (Å²) in [7, 11) is -2.44. The molecule has 1 N–H and O–H groups in total. The Morgan fingerprint density at radius 1 is 0.935 bits per heavy atom. The van der Waals surface area contributed by atoms with E-state index < -0.39 is 15.9 Å². The van der Waals surface area contributed by atoms with Gasteiger partial charge in [-0.15, -0.1) is 0 Å². The first-order valence-corrected chi connectivity index (χ1v) is 11.3. The third-order valence-electron chi connectivity index (χ3n) is 4.87. The Labute approximate surface area is 183 Å². The Morgan fingerprint density at radius 2 is 1.58 bits per heavy atom. The van der Waals surface area contributed by atoms with E-state index in [-0.39, 0.29) is 11.4 Å². The van der Waals surface area contributed by atoms with E-state index in [2.05, 4.69) is 5.32 Å². The number of aryl methyl sites for hydroxylation is 3. The fraction of sp³-hybridized carbons (Fsp3) is 0.208. The van der Waals surface area contributed by atoms with Crippen LogP contribution >= 0.6 is 0 Å².